The van der Waals surface area contributed by atoms with Crippen LogP contribution in [0.15, 0.2) is 12.1 Å². The van der Waals surface area contributed by atoms with Gasteiger partial charge in [0.25, 0.3) is 22.0 Å². The Morgan fingerprint density at radius 2 is 1.44 bits per heavy atom. The Bertz CT molecular complexity index is 1010. The second-order valence-electron chi connectivity index (χ2n) is 8.64. The van der Waals surface area contributed by atoms with E-state index in [1.807, 2.05) is 0 Å². The van der Waals surface area contributed by atoms with Crippen molar-refractivity contribution in [3.05, 3.63) is 54.6 Å². The first-order chi connectivity index (χ1) is 15.6. The van der Waals surface area contributed by atoms with Crippen LogP contribution in [-0.2, 0) is 14.5 Å². The van der Waals surface area contributed by atoms with Crippen LogP contribution in [0.4, 0.5) is 0 Å². The van der Waals surface area contributed by atoms with E-state index in [9.17, 15) is 39.4 Å². The van der Waals surface area contributed by atoms with Gasteiger partial charge in [0.05, 0.1) is 16.6 Å². The molecular formula is C20H26N4O10. The Morgan fingerprint density at radius 3 is 1.88 bits per heavy atom. The van der Waals surface area contributed by atoms with Crippen LogP contribution in [0.3, 0.4) is 0 Å². The highest BCUT2D eigenvalue weighted by Gasteiger charge is 2.35. The van der Waals surface area contributed by atoms with E-state index in [-0.39, 0.29) is 28.7 Å². The van der Waals surface area contributed by atoms with Crippen LogP contribution >= 0.6 is 0 Å². The number of nitrogens with zero attached hydrogens (tertiary/aromatic N) is 4. The predicted octanol–water partition coefficient (Wildman–Crippen LogP) is 1.45. The molecule has 1 rings (SSSR count). The van der Waals surface area contributed by atoms with Gasteiger partial charge in [-0.05, 0) is 52.3 Å². The molecule has 0 bridgehead atoms. The average Bonchev–Trinajstić information content (AvgIpc) is 2.75. The van der Waals surface area contributed by atoms with Gasteiger partial charge in [0.1, 0.15) is 13.2 Å². The van der Waals surface area contributed by atoms with Crippen LogP contribution in [0.2, 0.25) is 0 Å². The molecule has 0 saturated carbocycles. The Morgan fingerprint density at radius 1 is 0.941 bits per heavy atom. The minimum absolute atomic E-state index is 0.0505. The molecular weight excluding hydrogens is 456 g/mol. The van der Waals surface area contributed by atoms with Crippen LogP contribution in [0.1, 0.15) is 64.3 Å². The Hall–Kier alpha value is -4.10. The van der Waals surface area contributed by atoms with Gasteiger partial charge >= 0.3 is 0 Å². The molecule has 14 heteroatoms. The number of likely N-dealkylation sites (N-methyl/N-ethyl adjacent to an activating group) is 1. The van der Waals surface area contributed by atoms with Crippen LogP contribution in [0, 0.1) is 27.2 Å². The number of benzene rings is 1. The summed E-state index contributed by atoms with van der Waals surface area (Å²) in [5, 5.41) is 19.0. The summed E-state index contributed by atoms with van der Waals surface area (Å²) in [7, 11) is 1.34. The molecule has 0 aliphatic rings. The number of hydrogen-bond donors (Lipinski definition) is 0. The molecule has 14 nitrogen and oxygen atoms in total. The number of amides is 3. The Balaban J connectivity index is 3.45. The van der Waals surface area contributed by atoms with Crippen molar-refractivity contribution >= 4 is 24.5 Å². The second kappa shape index (κ2) is 10.7. The van der Waals surface area contributed by atoms with Crippen molar-refractivity contribution in [2.45, 2.75) is 45.7 Å². The highest BCUT2D eigenvalue weighted by Crippen LogP contribution is 2.24. The quantitative estimate of drug-likeness (QED) is 0.240. The summed E-state index contributed by atoms with van der Waals surface area (Å²) in [5.41, 5.74) is -2.68. The van der Waals surface area contributed by atoms with Gasteiger partial charge in [0.2, 0.25) is 6.41 Å². The van der Waals surface area contributed by atoms with Gasteiger partial charge in [-0.25, -0.2) is 0 Å². The average molecular weight is 482 g/mol. The minimum atomic E-state index is -1.43. The van der Waals surface area contributed by atoms with Gasteiger partial charge in [-0.15, -0.1) is 20.2 Å². The smallest absolute Gasteiger partial charge is 0.294 e. The molecule has 0 unspecified atom stereocenters. The third-order valence-electron chi connectivity index (χ3n) is 5.22. The van der Waals surface area contributed by atoms with Crippen LogP contribution in [0.5, 0.6) is 0 Å². The van der Waals surface area contributed by atoms with Crippen molar-refractivity contribution in [2.75, 3.05) is 20.3 Å². The van der Waals surface area contributed by atoms with Crippen LogP contribution in [-0.4, -0.2) is 75.8 Å². The van der Waals surface area contributed by atoms with E-state index in [2.05, 4.69) is 9.68 Å². The highest BCUT2D eigenvalue weighted by atomic mass is 17.0. The molecule has 0 fully saturated rings. The number of carbonyl (C=O) groups is 4. The molecule has 0 heterocycles. The number of imide groups is 1. The van der Waals surface area contributed by atoms with Crippen molar-refractivity contribution in [3.8, 4) is 0 Å². The number of hydrogen-bond acceptors (Lipinski definition) is 10. The zero-order valence-electron chi connectivity index (χ0n) is 19.6. The molecule has 0 saturated heterocycles. The maximum absolute atomic E-state index is 13.2. The van der Waals surface area contributed by atoms with Gasteiger partial charge in [-0.3, -0.25) is 24.1 Å². The zero-order valence-corrected chi connectivity index (χ0v) is 19.6. The topological polar surface area (TPSA) is 179 Å². The normalized spacial score (nSPS) is 11.2. The molecule has 0 N–H and O–H groups in total. The Kier molecular flexibility index (Phi) is 8.77. The van der Waals surface area contributed by atoms with Gasteiger partial charge in [0.15, 0.2) is 6.29 Å². The van der Waals surface area contributed by atoms with Crippen molar-refractivity contribution in [1.82, 2.24) is 9.80 Å². The first kappa shape index (κ1) is 27.9. The molecule has 0 aliphatic carbocycles. The predicted molar refractivity (Wildman–Crippen MR) is 115 cm³/mol. The minimum Gasteiger partial charge on any atom is -0.335 e. The lowest BCUT2D eigenvalue weighted by Crippen LogP contribution is -2.50. The molecule has 1 aromatic carbocycles. The van der Waals surface area contributed by atoms with E-state index in [1.165, 1.54) is 47.7 Å². The standard InChI is InChI=1S/C20H26N4O10/c1-13-7-14(9-25)16(17(27)21(6)19(2,3)10-33-23(29)30)8-15(13)18(28)22(12-26)20(4,5)11-34-24(31)32/h7-9,12H,10-11H2,1-6H3. The summed E-state index contributed by atoms with van der Waals surface area (Å²) in [6.07, 6.45) is 0.597. The lowest BCUT2D eigenvalue weighted by molar-refractivity contribution is -0.759. The first-order valence-corrected chi connectivity index (χ1v) is 9.80. The summed E-state index contributed by atoms with van der Waals surface area (Å²) in [6.45, 7) is 6.17. The summed E-state index contributed by atoms with van der Waals surface area (Å²) in [5.74, 6) is -1.61. The number of rotatable bonds is 12. The van der Waals surface area contributed by atoms with Gasteiger partial charge in [-0.1, -0.05) is 0 Å². The van der Waals surface area contributed by atoms with E-state index in [0.717, 1.165) is 11.0 Å². The summed E-state index contributed by atoms with van der Waals surface area (Å²) < 4.78 is 0. The fourth-order valence-electron chi connectivity index (χ4n) is 2.88. The molecule has 34 heavy (non-hydrogen) atoms. The number of aryl methyl sites for hydroxylation is 1. The van der Waals surface area contributed by atoms with Gasteiger partial charge in [-0.2, -0.15) is 0 Å². The van der Waals surface area contributed by atoms with Crippen LogP contribution in [0.25, 0.3) is 0 Å². The van der Waals surface area contributed by atoms with Crippen molar-refractivity contribution < 1.29 is 39.0 Å². The molecule has 0 aromatic heterocycles. The largest absolute Gasteiger partial charge is 0.335 e. The number of aldehydes is 1. The summed E-state index contributed by atoms with van der Waals surface area (Å²) in [6, 6.07) is 2.41. The summed E-state index contributed by atoms with van der Waals surface area (Å²) in [4.78, 5) is 81.3. The molecule has 1 aromatic rings. The molecule has 3 amide bonds. The summed E-state index contributed by atoms with van der Waals surface area (Å²) >= 11 is 0. The van der Waals surface area contributed by atoms with E-state index >= 15 is 0 Å². The van der Waals surface area contributed by atoms with E-state index < -0.39 is 46.3 Å². The fraction of sp³-hybridized carbons (Fsp3) is 0.500. The molecule has 0 aliphatic heterocycles. The molecule has 186 valence electrons. The molecule has 0 atom stereocenters. The van der Waals surface area contributed by atoms with E-state index in [0.29, 0.717) is 11.2 Å². The lowest BCUT2D eigenvalue weighted by atomic mass is 9.95. The molecule has 0 radical (unpaired) electrons. The van der Waals surface area contributed by atoms with Gasteiger partial charge < -0.3 is 14.6 Å². The molecule has 0 spiro atoms. The lowest BCUT2D eigenvalue weighted by Gasteiger charge is -2.35. The highest BCUT2D eigenvalue weighted by molar-refractivity contribution is 6.07. The third-order valence-corrected chi connectivity index (χ3v) is 5.22. The van der Waals surface area contributed by atoms with Crippen molar-refractivity contribution in [3.63, 3.8) is 0 Å². The number of carbonyl (C=O) groups excluding carboxylic acids is 4. The first-order valence-electron chi connectivity index (χ1n) is 9.80. The van der Waals surface area contributed by atoms with E-state index in [1.54, 1.807) is 0 Å². The maximum atomic E-state index is 13.2. The van der Waals surface area contributed by atoms with Crippen molar-refractivity contribution in [1.29, 1.82) is 0 Å². The monoisotopic (exact) mass is 482 g/mol. The Labute approximate surface area is 194 Å². The SMILES string of the molecule is Cc1cc(C=O)c(C(=O)N(C)C(C)(C)CO[N+](=O)[O-])cc1C(=O)N(C=O)C(C)(C)CO[N+](=O)[O-]. The van der Waals surface area contributed by atoms with Crippen molar-refractivity contribution in [2.24, 2.45) is 0 Å². The fourth-order valence-corrected chi connectivity index (χ4v) is 2.88. The second-order valence-corrected chi connectivity index (χ2v) is 8.64. The van der Waals surface area contributed by atoms with E-state index in [4.69, 9.17) is 0 Å². The van der Waals surface area contributed by atoms with Gasteiger partial charge in [0, 0.05) is 18.2 Å². The van der Waals surface area contributed by atoms with Crippen LogP contribution < -0.4 is 0 Å². The maximum Gasteiger partial charge on any atom is 0.294 e. The third kappa shape index (κ3) is 6.46. The zero-order chi connectivity index (χ0) is 26.4.